The molecule has 0 aliphatic heterocycles. The fourth-order valence-corrected chi connectivity index (χ4v) is 1.02. The molecule has 1 rings (SSSR count). The second-order valence-corrected chi connectivity index (χ2v) is 2.94. The standard InChI is InChI=1S/C10H10F2O/c1-8-2-4-9(5-3-8)10(11,12)6-7-13/h2-5,7H,6H2,1H3. The Hall–Kier alpha value is -1.25. The van der Waals surface area contributed by atoms with Gasteiger partial charge in [0.25, 0.3) is 5.92 Å². The van der Waals surface area contributed by atoms with Gasteiger partial charge in [-0.2, -0.15) is 0 Å². The van der Waals surface area contributed by atoms with Crippen molar-refractivity contribution in [3.63, 3.8) is 0 Å². The van der Waals surface area contributed by atoms with Crippen molar-refractivity contribution in [1.29, 1.82) is 0 Å². The Morgan fingerprint density at radius 2 is 1.85 bits per heavy atom. The van der Waals surface area contributed by atoms with Crippen molar-refractivity contribution >= 4 is 6.29 Å². The third kappa shape index (κ3) is 2.34. The summed E-state index contributed by atoms with van der Waals surface area (Å²) in [6.07, 6.45) is -0.518. The van der Waals surface area contributed by atoms with Crippen molar-refractivity contribution in [3.05, 3.63) is 35.4 Å². The zero-order chi connectivity index (χ0) is 9.90. The van der Waals surface area contributed by atoms with Crippen LogP contribution in [0.4, 0.5) is 8.78 Å². The van der Waals surface area contributed by atoms with Crippen LogP contribution in [0.15, 0.2) is 24.3 Å². The highest BCUT2D eigenvalue weighted by molar-refractivity contribution is 5.52. The maximum Gasteiger partial charge on any atom is 0.279 e. The minimum Gasteiger partial charge on any atom is -0.303 e. The number of halogens is 2. The number of rotatable bonds is 3. The van der Waals surface area contributed by atoms with Crippen molar-refractivity contribution in [1.82, 2.24) is 0 Å². The number of hydrogen-bond acceptors (Lipinski definition) is 1. The van der Waals surface area contributed by atoms with Gasteiger partial charge in [-0.1, -0.05) is 29.8 Å². The Morgan fingerprint density at radius 1 is 1.31 bits per heavy atom. The fraction of sp³-hybridized carbons (Fsp3) is 0.300. The molecule has 0 saturated carbocycles. The van der Waals surface area contributed by atoms with E-state index in [4.69, 9.17) is 0 Å². The maximum absolute atomic E-state index is 13.1. The van der Waals surface area contributed by atoms with E-state index >= 15 is 0 Å². The quantitative estimate of drug-likeness (QED) is 0.660. The van der Waals surface area contributed by atoms with Gasteiger partial charge in [-0.25, -0.2) is 8.78 Å². The molecule has 0 bridgehead atoms. The molecule has 0 N–H and O–H groups in total. The summed E-state index contributed by atoms with van der Waals surface area (Å²) in [6, 6.07) is 5.90. The topological polar surface area (TPSA) is 17.1 Å². The monoisotopic (exact) mass is 184 g/mol. The van der Waals surface area contributed by atoms with Crippen LogP contribution in [0.5, 0.6) is 0 Å². The molecule has 0 aliphatic carbocycles. The lowest BCUT2D eigenvalue weighted by atomic mass is 10.0. The first-order valence-corrected chi connectivity index (χ1v) is 3.95. The fourth-order valence-electron chi connectivity index (χ4n) is 1.02. The van der Waals surface area contributed by atoms with Gasteiger partial charge >= 0.3 is 0 Å². The largest absolute Gasteiger partial charge is 0.303 e. The van der Waals surface area contributed by atoms with E-state index in [0.29, 0.717) is 0 Å². The summed E-state index contributed by atoms with van der Waals surface area (Å²) in [6.45, 7) is 1.82. The van der Waals surface area contributed by atoms with Crippen molar-refractivity contribution in [2.75, 3.05) is 0 Å². The number of carbonyl (C=O) groups excluding carboxylic acids is 1. The smallest absolute Gasteiger partial charge is 0.279 e. The molecule has 0 heterocycles. The second-order valence-electron chi connectivity index (χ2n) is 2.94. The third-order valence-corrected chi connectivity index (χ3v) is 1.81. The molecule has 0 saturated heterocycles. The lowest BCUT2D eigenvalue weighted by Gasteiger charge is -2.13. The zero-order valence-electron chi connectivity index (χ0n) is 7.26. The molecule has 0 aliphatic rings. The van der Waals surface area contributed by atoms with Gasteiger partial charge in [0.1, 0.15) is 6.29 Å². The summed E-state index contributed by atoms with van der Waals surface area (Å²) in [5.41, 5.74) is 0.816. The summed E-state index contributed by atoms with van der Waals surface area (Å²) in [5, 5.41) is 0. The summed E-state index contributed by atoms with van der Waals surface area (Å²) in [4.78, 5) is 9.98. The summed E-state index contributed by atoms with van der Waals surface area (Å²) < 4.78 is 26.1. The Labute approximate surface area is 75.4 Å². The lowest BCUT2D eigenvalue weighted by Crippen LogP contribution is -2.13. The van der Waals surface area contributed by atoms with Gasteiger partial charge in [0, 0.05) is 5.56 Å². The Kier molecular flexibility index (Phi) is 2.76. The van der Waals surface area contributed by atoms with Crippen molar-refractivity contribution < 1.29 is 13.6 Å². The molecule has 1 aromatic rings. The van der Waals surface area contributed by atoms with E-state index in [1.54, 1.807) is 12.1 Å². The Balaban J connectivity index is 2.93. The molecule has 0 amide bonds. The molecular weight excluding hydrogens is 174 g/mol. The van der Waals surface area contributed by atoms with Gasteiger partial charge in [-0.15, -0.1) is 0 Å². The first-order chi connectivity index (χ1) is 6.06. The number of alkyl halides is 2. The lowest BCUT2D eigenvalue weighted by molar-refractivity contribution is -0.115. The van der Waals surface area contributed by atoms with Crippen LogP contribution in [-0.4, -0.2) is 6.29 Å². The number of hydrogen-bond donors (Lipinski definition) is 0. The van der Waals surface area contributed by atoms with E-state index in [1.807, 2.05) is 6.92 Å². The van der Waals surface area contributed by atoms with Crippen LogP contribution in [0.3, 0.4) is 0 Å². The van der Waals surface area contributed by atoms with Crippen LogP contribution in [0, 0.1) is 6.92 Å². The number of benzene rings is 1. The van der Waals surface area contributed by atoms with Crippen molar-refractivity contribution in [2.45, 2.75) is 19.3 Å². The minimum absolute atomic E-state index is 0.106. The van der Waals surface area contributed by atoms with Gasteiger partial charge in [0.05, 0.1) is 6.42 Å². The van der Waals surface area contributed by atoms with Crippen LogP contribution in [-0.2, 0) is 10.7 Å². The molecule has 0 atom stereocenters. The highest BCUT2D eigenvalue weighted by Gasteiger charge is 2.30. The van der Waals surface area contributed by atoms with Gasteiger partial charge in [-0.05, 0) is 6.92 Å². The van der Waals surface area contributed by atoms with Crippen LogP contribution in [0.1, 0.15) is 17.5 Å². The molecule has 3 heteroatoms. The highest BCUT2D eigenvalue weighted by Crippen LogP contribution is 2.30. The van der Waals surface area contributed by atoms with E-state index in [-0.39, 0.29) is 11.8 Å². The number of carbonyl (C=O) groups is 1. The summed E-state index contributed by atoms with van der Waals surface area (Å²) in [5.74, 6) is -3.03. The summed E-state index contributed by atoms with van der Waals surface area (Å²) >= 11 is 0. The normalized spacial score (nSPS) is 11.3. The molecule has 1 nitrogen and oxygen atoms in total. The van der Waals surface area contributed by atoms with Crippen LogP contribution in [0.25, 0.3) is 0 Å². The molecule has 70 valence electrons. The van der Waals surface area contributed by atoms with Crippen LogP contribution in [0.2, 0.25) is 0 Å². The van der Waals surface area contributed by atoms with E-state index in [1.165, 1.54) is 12.1 Å². The number of aldehydes is 1. The average molecular weight is 184 g/mol. The first-order valence-electron chi connectivity index (χ1n) is 3.95. The minimum atomic E-state index is -3.03. The van der Waals surface area contributed by atoms with Crippen LogP contribution >= 0.6 is 0 Å². The van der Waals surface area contributed by atoms with Crippen LogP contribution < -0.4 is 0 Å². The van der Waals surface area contributed by atoms with Gasteiger partial charge in [0.2, 0.25) is 0 Å². The molecule has 0 radical (unpaired) electrons. The average Bonchev–Trinajstić information content (AvgIpc) is 2.05. The maximum atomic E-state index is 13.1. The van der Waals surface area contributed by atoms with E-state index in [9.17, 15) is 13.6 Å². The second kappa shape index (κ2) is 3.64. The van der Waals surface area contributed by atoms with Crippen molar-refractivity contribution in [2.24, 2.45) is 0 Å². The molecular formula is C10H10F2O. The predicted molar refractivity (Wildman–Crippen MR) is 45.8 cm³/mol. The van der Waals surface area contributed by atoms with E-state index in [2.05, 4.69) is 0 Å². The van der Waals surface area contributed by atoms with Gasteiger partial charge < -0.3 is 4.79 Å². The van der Waals surface area contributed by atoms with Crippen molar-refractivity contribution in [3.8, 4) is 0 Å². The van der Waals surface area contributed by atoms with Gasteiger partial charge in [-0.3, -0.25) is 0 Å². The molecule has 0 spiro atoms. The predicted octanol–water partition coefficient (Wildman–Crippen LogP) is 2.68. The van der Waals surface area contributed by atoms with E-state index < -0.39 is 12.3 Å². The Morgan fingerprint density at radius 3 is 2.31 bits per heavy atom. The SMILES string of the molecule is Cc1ccc(C(F)(F)CC=O)cc1. The zero-order valence-corrected chi connectivity index (χ0v) is 7.26. The molecule has 13 heavy (non-hydrogen) atoms. The van der Waals surface area contributed by atoms with Gasteiger partial charge in [0.15, 0.2) is 0 Å². The third-order valence-electron chi connectivity index (χ3n) is 1.81. The molecule has 0 aromatic heterocycles. The molecule has 1 aromatic carbocycles. The highest BCUT2D eigenvalue weighted by atomic mass is 19.3. The Bertz CT molecular complexity index is 290. The molecule has 0 fully saturated rings. The first kappa shape index (κ1) is 9.84. The number of aryl methyl sites for hydroxylation is 1. The van der Waals surface area contributed by atoms with E-state index in [0.717, 1.165) is 5.56 Å². The summed E-state index contributed by atoms with van der Waals surface area (Å²) in [7, 11) is 0. The molecule has 0 unspecified atom stereocenters.